The Morgan fingerprint density at radius 1 is 1.24 bits per heavy atom. The standard InChI is InChI=1S/C15H24N2O4/c1-11(2)17-15(19)9-16-8-12(18)10-21-14-6-4-13(20-3)5-7-14/h4-7,11-12,16,18H,8-10H2,1-3H3,(H,17,19). The van der Waals surface area contributed by atoms with Gasteiger partial charge in [-0.2, -0.15) is 0 Å². The highest BCUT2D eigenvalue weighted by atomic mass is 16.5. The molecule has 1 atom stereocenters. The smallest absolute Gasteiger partial charge is 0.234 e. The van der Waals surface area contributed by atoms with Crippen LogP contribution in [0, 0.1) is 0 Å². The molecule has 21 heavy (non-hydrogen) atoms. The van der Waals surface area contributed by atoms with E-state index in [1.54, 1.807) is 31.4 Å². The number of rotatable bonds is 9. The third-order valence-electron chi connectivity index (χ3n) is 2.62. The third kappa shape index (κ3) is 7.53. The third-order valence-corrected chi connectivity index (χ3v) is 2.62. The molecule has 0 radical (unpaired) electrons. The molecule has 0 saturated heterocycles. The van der Waals surface area contributed by atoms with Crippen LogP contribution in [0.2, 0.25) is 0 Å². The number of methoxy groups -OCH3 is 1. The van der Waals surface area contributed by atoms with Gasteiger partial charge in [-0.25, -0.2) is 0 Å². The topological polar surface area (TPSA) is 79.8 Å². The predicted octanol–water partition coefficient (Wildman–Crippen LogP) is 0.549. The number of nitrogens with one attached hydrogen (secondary N) is 2. The molecular formula is C15H24N2O4. The van der Waals surface area contributed by atoms with Crippen LogP contribution < -0.4 is 20.1 Å². The summed E-state index contributed by atoms with van der Waals surface area (Å²) in [4.78, 5) is 11.4. The van der Waals surface area contributed by atoms with E-state index in [-0.39, 0.29) is 25.1 Å². The maximum Gasteiger partial charge on any atom is 0.234 e. The van der Waals surface area contributed by atoms with Gasteiger partial charge in [-0.15, -0.1) is 0 Å². The van der Waals surface area contributed by atoms with Crippen molar-refractivity contribution >= 4 is 5.91 Å². The molecule has 1 aromatic rings. The number of aliphatic hydroxyl groups is 1. The van der Waals surface area contributed by atoms with Crippen LogP contribution in [-0.4, -0.2) is 50.0 Å². The summed E-state index contributed by atoms with van der Waals surface area (Å²) in [6.45, 7) is 4.43. The second-order valence-corrected chi connectivity index (χ2v) is 4.99. The molecule has 0 aromatic heterocycles. The SMILES string of the molecule is COc1ccc(OCC(O)CNCC(=O)NC(C)C)cc1. The van der Waals surface area contributed by atoms with Crippen molar-refractivity contribution in [3.63, 3.8) is 0 Å². The molecule has 0 aliphatic rings. The van der Waals surface area contributed by atoms with Gasteiger partial charge in [0.2, 0.25) is 5.91 Å². The minimum absolute atomic E-state index is 0.0896. The van der Waals surface area contributed by atoms with Crippen LogP contribution in [0.25, 0.3) is 0 Å². The minimum Gasteiger partial charge on any atom is -0.497 e. The van der Waals surface area contributed by atoms with Crippen molar-refractivity contribution in [3.05, 3.63) is 24.3 Å². The van der Waals surface area contributed by atoms with Crippen molar-refractivity contribution in [2.75, 3.05) is 26.8 Å². The number of benzene rings is 1. The lowest BCUT2D eigenvalue weighted by molar-refractivity contribution is -0.120. The zero-order valence-corrected chi connectivity index (χ0v) is 12.8. The fraction of sp³-hybridized carbons (Fsp3) is 0.533. The average molecular weight is 296 g/mol. The molecular weight excluding hydrogens is 272 g/mol. The molecule has 0 aliphatic carbocycles. The first kappa shape index (κ1) is 17.3. The molecule has 0 fully saturated rings. The Balaban J connectivity index is 2.18. The van der Waals surface area contributed by atoms with Crippen molar-refractivity contribution in [1.29, 1.82) is 0 Å². The van der Waals surface area contributed by atoms with Crippen molar-refractivity contribution in [2.45, 2.75) is 26.0 Å². The molecule has 6 heteroatoms. The van der Waals surface area contributed by atoms with Crippen LogP contribution in [0.1, 0.15) is 13.8 Å². The fourth-order valence-electron chi connectivity index (χ4n) is 1.65. The Morgan fingerprint density at radius 3 is 2.43 bits per heavy atom. The number of hydrogen-bond acceptors (Lipinski definition) is 5. The summed E-state index contributed by atoms with van der Waals surface area (Å²) in [6, 6.07) is 7.24. The highest BCUT2D eigenvalue weighted by molar-refractivity contribution is 5.78. The van der Waals surface area contributed by atoms with E-state index in [1.807, 2.05) is 13.8 Å². The van der Waals surface area contributed by atoms with Crippen molar-refractivity contribution in [1.82, 2.24) is 10.6 Å². The molecule has 1 amide bonds. The normalized spacial score (nSPS) is 12.0. The van der Waals surface area contributed by atoms with Gasteiger partial charge < -0.3 is 25.2 Å². The molecule has 0 heterocycles. The molecule has 0 spiro atoms. The van der Waals surface area contributed by atoms with Crippen LogP contribution in [0.5, 0.6) is 11.5 Å². The van der Waals surface area contributed by atoms with Crippen molar-refractivity contribution < 1.29 is 19.4 Å². The van der Waals surface area contributed by atoms with Gasteiger partial charge in [-0.3, -0.25) is 4.79 Å². The molecule has 3 N–H and O–H groups in total. The Morgan fingerprint density at radius 2 is 1.86 bits per heavy atom. The predicted molar refractivity (Wildman–Crippen MR) is 80.6 cm³/mol. The molecule has 6 nitrogen and oxygen atoms in total. The summed E-state index contributed by atoms with van der Waals surface area (Å²) in [5, 5.41) is 15.4. The largest absolute Gasteiger partial charge is 0.497 e. The average Bonchev–Trinajstić information content (AvgIpc) is 2.45. The van der Waals surface area contributed by atoms with Gasteiger partial charge in [0.1, 0.15) is 24.2 Å². The number of carbonyl (C=O) groups is 1. The number of amides is 1. The Labute approximate surface area is 125 Å². The van der Waals surface area contributed by atoms with E-state index in [4.69, 9.17) is 9.47 Å². The van der Waals surface area contributed by atoms with Crippen LogP contribution >= 0.6 is 0 Å². The van der Waals surface area contributed by atoms with Crippen LogP contribution in [0.4, 0.5) is 0 Å². The van der Waals surface area contributed by atoms with Crippen LogP contribution in [0.15, 0.2) is 24.3 Å². The Kier molecular flexibility index (Phi) is 7.56. The fourth-order valence-corrected chi connectivity index (χ4v) is 1.65. The van der Waals surface area contributed by atoms with E-state index >= 15 is 0 Å². The zero-order valence-electron chi connectivity index (χ0n) is 12.8. The van der Waals surface area contributed by atoms with Crippen LogP contribution in [-0.2, 0) is 4.79 Å². The monoisotopic (exact) mass is 296 g/mol. The Bertz CT molecular complexity index is 420. The van der Waals surface area contributed by atoms with Gasteiger partial charge in [0.15, 0.2) is 0 Å². The first-order valence-electron chi connectivity index (χ1n) is 6.96. The van der Waals surface area contributed by atoms with Gasteiger partial charge in [0.05, 0.1) is 13.7 Å². The molecule has 0 bridgehead atoms. The van der Waals surface area contributed by atoms with Crippen LogP contribution in [0.3, 0.4) is 0 Å². The van der Waals surface area contributed by atoms with Gasteiger partial charge in [0, 0.05) is 12.6 Å². The summed E-state index contributed by atoms with van der Waals surface area (Å²) >= 11 is 0. The lowest BCUT2D eigenvalue weighted by Gasteiger charge is -2.14. The highest BCUT2D eigenvalue weighted by Crippen LogP contribution is 2.16. The quantitative estimate of drug-likeness (QED) is 0.620. The lowest BCUT2D eigenvalue weighted by Crippen LogP contribution is -2.41. The molecule has 1 aromatic carbocycles. The van der Waals surface area contributed by atoms with E-state index in [9.17, 15) is 9.90 Å². The van der Waals surface area contributed by atoms with E-state index < -0.39 is 6.10 Å². The van der Waals surface area contributed by atoms with Gasteiger partial charge in [0.25, 0.3) is 0 Å². The first-order valence-corrected chi connectivity index (χ1v) is 6.96. The molecule has 0 saturated carbocycles. The number of aliphatic hydroxyl groups excluding tert-OH is 1. The maximum absolute atomic E-state index is 11.4. The maximum atomic E-state index is 11.4. The van der Waals surface area contributed by atoms with Gasteiger partial charge in [-0.1, -0.05) is 0 Å². The zero-order chi connectivity index (χ0) is 15.7. The summed E-state index contributed by atoms with van der Waals surface area (Å²) in [5.41, 5.74) is 0. The first-order chi connectivity index (χ1) is 10.0. The van der Waals surface area contributed by atoms with E-state index in [1.165, 1.54) is 0 Å². The second-order valence-electron chi connectivity index (χ2n) is 4.99. The van der Waals surface area contributed by atoms with Gasteiger partial charge >= 0.3 is 0 Å². The number of ether oxygens (including phenoxy) is 2. The highest BCUT2D eigenvalue weighted by Gasteiger charge is 2.07. The minimum atomic E-state index is -0.682. The lowest BCUT2D eigenvalue weighted by atomic mass is 10.3. The summed E-state index contributed by atoms with van der Waals surface area (Å²) in [7, 11) is 1.60. The molecule has 118 valence electrons. The van der Waals surface area contributed by atoms with Crippen molar-refractivity contribution in [3.8, 4) is 11.5 Å². The van der Waals surface area contributed by atoms with E-state index in [2.05, 4.69) is 10.6 Å². The van der Waals surface area contributed by atoms with Crippen molar-refractivity contribution in [2.24, 2.45) is 0 Å². The summed E-state index contributed by atoms with van der Waals surface area (Å²) < 4.78 is 10.5. The summed E-state index contributed by atoms with van der Waals surface area (Å²) in [6.07, 6.45) is -0.682. The van der Waals surface area contributed by atoms with Gasteiger partial charge in [-0.05, 0) is 38.1 Å². The second kappa shape index (κ2) is 9.20. The molecule has 1 rings (SSSR count). The summed E-state index contributed by atoms with van der Waals surface area (Å²) in [5.74, 6) is 1.32. The number of carbonyl (C=O) groups excluding carboxylic acids is 1. The Hall–Kier alpha value is -1.79. The molecule has 1 unspecified atom stereocenters. The van der Waals surface area contributed by atoms with E-state index in [0.29, 0.717) is 12.3 Å². The number of hydrogen-bond donors (Lipinski definition) is 3. The molecule has 0 aliphatic heterocycles. The van der Waals surface area contributed by atoms with E-state index in [0.717, 1.165) is 5.75 Å².